The maximum atomic E-state index is 6.09. The highest BCUT2D eigenvalue weighted by Crippen LogP contribution is 2.25. The molecule has 0 unspecified atom stereocenters. The lowest BCUT2D eigenvalue weighted by atomic mass is 10.0. The van der Waals surface area contributed by atoms with Crippen molar-refractivity contribution in [2.24, 2.45) is 0 Å². The lowest BCUT2D eigenvalue weighted by molar-refractivity contribution is -0.313. The van der Waals surface area contributed by atoms with E-state index in [4.69, 9.17) is 33.0 Å². The topological polar surface area (TPSA) is 18.5 Å². The zero-order chi connectivity index (χ0) is 16.8. The summed E-state index contributed by atoms with van der Waals surface area (Å²) in [7, 11) is 0. The quantitative estimate of drug-likeness (QED) is 0.292. The number of halogens is 2. The second-order valence-electron chi connectivity index (χ2n) is 5.29. The first-order valence-electron chi connectivity index (χ1n) is 7.56. The molecule has 0 heterocycles. The van der Waals surface area contributed by atoms with Crippen molar-refractivity contribution in [1.82, 2.24) is 0 Å². The predicted octanol–water partition coefficient (Wildman–Crippen LogP) is 6.31. The van der Waals surface area contributed by atoms with Crippen molar-refractivity contribution < 1.29 is 9.78 Å². The number of benzene rings is 3. The predicted molar refractivity (Wildman–Crippen MR) is 97.9 cm³/mol. The molecule has 0 aliphatic heterocycles. The Morgan fingerprint density at radius 2 is 1.25 bits per heavy atom. The summed E-state index contributed by atoms with van der Waals surface area (Å²) in [6, 6.07) is 23.7. The molecule has 0 fully saturated rings. The zero-order valence-electron chi connectivity index (χ0n) is 12.9. The van der Waals surface area contributed by atoms with Gasteiger partial charge < -0.3 is 0 Å². The molecule has 24 heavy (non-hydrogen) atoms. The molecular weight excluding hydrogens is 343 g/mol. The van der Waals surface area contributed by atoms with Crippen LogP contribution in [-0.4, -0.2) is 0 Å². The van der Waals surface area contributed by atoms with Crippen LogP contribution < -0.4 is 0 Å². The van der Waals surface area contributed by atoms with Crippen LogP contribution in [0.2, 0.25) is 10.0 Å². The maximum absolute atomic E-state index is 6.09. The highest BCUT2D eigenvalue weighted by molar-refractivity contribution is 6.35. The van der Waals surface area contributed by atoms with E-state index in [2.05, 4.69) is 24.3 Å². The van der Waals surface area contributed by atoms with Gasteiger partial charge in [-0.05, 0) is 34.9 Å². The molecule has 0 aliphatic rings. The second kappa shape index (κ2) is 8.32. The van der Waals surface area contributed by atoms with Crippen molar-refractivity contribution in [1.29, 1.82) is 0 Å². The van der Waals surface area contributed by atoms with Crippen molar-refractivity contribution >= 4 is 23.2 Å². The molecule has 0 spiro atoms. The first-order valence-corrected chi connectivity index (χ1v) is 8.31. The molecule has 0 saturated heterocycles. The Morgan fingerprint density at radius 3 is 2.00 bits per heavy atom. The summed E-state index contributed by atoms with van der Waals surface area (Å²) >= 11 is 12.2. The molecule has 0 amide bonds. The van der Waals surface area contributed by atoms with Gasteiger partial charge in [-0.3, -0.25) is 0 Å². The SMILES string of the molecule is Clc1cccc(Cl)c1COOCc1cccc(-c2ccccc2)c1. The molecule has 0 aliphatic carbocycles. The van der Waals surface area contributed by atoms with Crippen LogP contribution in [-0.2, 0) is 23.0 Å². The normalized spacial score (nSPS) is 10.8. The van der Waals surface area contributed by atoms with Gasteiger partial charge >= 0.3 is 0 Å². The summed E-state index contributed by atoms with van der Waals surface area (Å²) in [6.45, 7) is 0.555. The first-order chi connectivity index (χ1) is 11.7. The first kappa shape index (κ1) is 17.0. The van der Waals surface area contributed by atoms with Crippen LogP contribution in [0.4, 0.5) is 0 Å². The van der Waals surface area contributed by atoms with Gasteiger partial charge in [0.2, 0.25) is 0 Å². The van der Waals surface area contributed by atoms with Crippen molar-refractivity contribution in [3.05, 3.63) is 94.0 Å². The van der Waals surface area contributed by atoms with Gasteiger partial charge in [0, 0.05) is 15.6 Å². The molecule has 4 heteroatoms. The van der Waals surface area contributed by atoms with Crippen molar-refractivity contribution in [2.45, 2.75) is 13.2 Å². The third-order valence-corrected chi connectivity index (χ3v) is 4.32. The molecule has 122 valence electrons. The minimum atomic E-state index is 0.205. The molecule has 3 aromatic rings. The van der Waals surface area contributed by atoms with Crippen LogP contribution in [0.3, 0.4) is 0 Å². The minimum Gasteiger partial charge on any atom is -0.232 e. The molecule has 0 N–H and O–H groups in total. The Labute approximate surface area is 151 Å². The van der Waals surface area contributed by atoms with Gasteiger partial charge in [0.15, 0.2) is 0 Å². The average Bonchev–Trinajstić information content (AvgIpc) is 2.62. The van der Waals surface area contributed by atoms with E-state index >= 15 is 0 Å². The van der Waals surface area contributed by atoms with Gasteiger partial charge in [-0.25, -0.2) is 9.78 Å². The molecule has 0 radical (unpaired) electrons. The summed E-state index contributed by atoms with van der Waals surface area (Å²) in [5.41, 5.74) is 4.06. The Morgan fingerprint density at radius 1 is 0.625 bits per heavy atom. The molecule has 0 aromatic heterocycles. The van der Waals surface area contributed by atoms with Crippen LogP contribution in [0.5, 0.6) is 0 Å². The zero-order valence-corrected chi connectivity index (χ0v) is 14.4. The van der Waals surface area contributed by atoms with Crippen molar-refractivity contribution in [3.8, 4) is 11.1 Å². The fourth-order valence-electron chi connectivity index (χ4n) is 2.35. The van der Waals surface area contributed by atoms with E-state index in [0.717, 1.165) is 16.7 Å². The maximum Gasteiger partial charge on any atom is 0.110 e. The highest BCUT2D eigenvalue weighted by Gasteiger charge is 2.06. The van der Waals surface area contributed by atoms with Crippen LogP contribution in [0.25, 0.3) is 11.1 Å². The number of hydrogen-bond acceptors (Lipinski definition) is 2. The molecule has 2 nitrogen and oxygen atoms in total. The lowest BCUT2D eigenvalue weighted by Crippen LogP contribution is -1.98. The van der Waals surface area contributed by atoms with E-state index in [-0.39, 0.29) is 6.61 Å². The van der Waals surface area contributed by atoms with Gasteiger partial charge in [0.25, 0.3) is 0 Å². The lowest BCUT2D eigenvalue weighted by Gasteiger charge is -2.09. The smallest absolute Gasteiger partial charge is 0.110 e. The molecule has 0 bridgehead atoms. The van der Waals surface area contributed by atoms with E-state index in [1.165, 1.54) is 5.56 Å². The summed E-state index contributed by atoms with van der Waals surface area (Å²) in [5, 5.41) is 1.13. The molecule has 0 atom stereocenters. The van der Waals surface area contributed by atoms with Gasteiger partial charge in [-0.1, -0.05) is 77.8 Å². The third-order valence-electron chi connectivity index (χ3n) is 3.61. The van der Waals surface area contributed by atoms with Crippen LogP contribution in [0.15, 0.2) is 72.8 Å². The van der Waals surface area contributed by atoms with Crippen LogP contribution >= 0.6 is 23.2 Å². The average molecular weight is 359 g/mol. The summed E-state index contributed by atoms with van der Waals surface area (Å²) in [5.74, 6) is 0. The van der Waals surface area contributed by atoms with E-state index < -0.39 is 0 Å². The van der Waals surface area contributed by atoms with Crippen LogP contribution in [0, 0.1) is 0 Å². The van der Waals surface area contributed by atoms with Gasteiger partial charge in [-0.2, -0.15) is 0 Å². The van der Waals surface area contributed by atoms with Gasteiger partial charge in [0.1, 0.15) is 13.2 Å². The second-order valence-corrected chi connectivity index (χ2v) is 6.11. The Balaban J connectivity index is 1.58. The summed E-state index contributed by atoms with van der Waals surface area (Å²) in [6.07, 6.45) is 0. The Hall–Kier alpha value is -1.84. The Kier molecular flexibility index (Phi) is 5.89. The molecule has 0 saturated carbocycles. The van der Waals surface area contributed by atoms with E-state index in [1.54, 1.807) is 18.2 Å². The minimum absolute atomic E-state index is 0.205. The van der Waals surface area contributed by atoms with Gasteiger partial charge in [-0.15, -0.1) is 0 Å². The van der Waals surface area contributed by atoms with E-state index in [9.17, 15) is 0 Å². The molecule has 3 aromatic carbocycles. The van der Waals surface area contributed by atoms with Crippen molar-refractivity contribution in [2.75, 3.05) is 0 Å². The van der Waals surface area contributed by atoms with Crippen LogP contribution in [0.1, 0.15) is 11.1 Å². The fourth-order valence-corrected chi connectivity index (χ4v) is 2.86. The highest BCUT2D eigenvalue weighted by atomic mass is 35.5. The largest absolute Gasteiger partial charge is 0.232 e. The summed E-state index contributed by atoms with van der Waals surface area (Å²) in [4.78, 5) is 10.6. The third kappa shape index (κ3) is 4.37. The number of hydrogen-bond donors (Lipinski definition) is 0. The van der Waals surface area contributed by atoms with Gasteiger partial charge in [0.05, 0.1) is 0 Å². The molecular formula is C20H16Cl2O2. The van der Waals surface area contributed by atoms with Crippen molar-refractivity contribution in [3.63, 3.8) is 0 Å². The Bertz CT molecular complexity index is 783. The fraction of sp³-hybridized carbons (Fsp3) is 0.100. The monoisotopic (exact) mass is 358 g/mol. The van der Waals surface area contributed by atoms with E-state index in [0.29, 0.717) is 16.7 Å². The number of rotatable bonds is 6. The summed E-state index contributed by atoms with van der Waals surface area (Å²) < 4.78 is 0. The molecule has 3 rings (SSSR count). The standard InChI is InChI=1S/C20H16Cl2O2/c21-19-10-5-11-20(22)18(19)14-24-23-13-15-6-4-9-17(12-15)16-7-2-1-3-8-16/h1-12H,13-14H2. The van der Waals surface area contributed by atoms with E-state index in [1.807, 2.05) is 30.3 Å².